The number of benzene rings is 1. The number of aromatic nitrogens is 1. The van der Waals surface area contributed by atoms with E-state index < -0.39 is 0 Å². The molecule has 1 N–H and O–H groups in total. The first kappa shape index (κ1) is 16.3. The monoisotopic (exact) mass is 320 g/mol. The maximum absolute atomic E-state index is 11.9. The van der Waals surface area contributed by atoms with Gasteiger partial charge in [0.15, 0.2) is 5.13 Å². The highest BCUT2D eigenvalue weighted by Gasteiger charge is 2.15. The lowest BCUT2D eigenvalue weighted by atomic mass is 10.1. The number of carbonyl (C=O) groups excluding carboxylic acids is 1. The Balaban J connectivity index is 2.26. The van der Waals surface area contributed by atoms with Crippen molar-refractivity contribution in [2.24, 2.45) is 5.92 Å². The average molecular weight is 320 g/mol. The van der Waals surface area contributed by atoms with E-state index in [0.29, 0.717) is 10.9 Å². The van der Waals surface area contributed by atoms with Crippen LogP contribution in [-0.2, 0) is 4.79 Å². The molecule has 6 heteroatoms. The number of nitrogens with one attached hydrogen (secondary N) is 1. The van der Waals surface area contributed by atoms with Gasteiger partial charge in [0.1, 0.15) is 11.5 Å². The molecule has 1 atom stereocenters. The number of thiazole rings is 1. The zero-order chi connectivity index (χ0) is 16.1. The summed E-state index contributed by atoms with van der Waals surface area (Å²) in [5.74, 6) is 1.40. The molecule has 0 unspecified atom stereocenters. The Morgan fingerprint density at radius 2 is 2.14 bits per heavy atom. The zero-order valence-electron chi connectivity index (χ0n) is 13.2. The molecule has 1 amide bonds. The van der Waals surface area contributed by atoms with Crippen molar-refractivity contribution in [2.45, 2.75) is 20.3 Å². The van der Waals surface area contributed by atoms with Gasteiger partial charge in [-0.2, -0.15) is 0 Å². The van der Waals surface area contributed by atoms with Gasteiger partial charge in [-0.25, -0.2) is 4.98 Å². The van der Waals surface area contributed by atoms with Gasteiger partial charge in [-0.3, -0.25) is 4.79 Å². The predicted molar refractivity (Wildman–Crippen MR) is 88.7 cm³/mol. The average Bonchev–Trinajstić information content (AvgIpc) is 3.01. The molecule has 0 saturated heterocycles. The second-order valence-corrected chi connectivity index (χ2v) is 5.76. The van der Waals surface area contributed by atoms with Gasteiger partial charge >= 0.3 is 0 Å². The summed E-state index contributed by atoms with van der Waals surface area (Å²) in [7, 11) is 3.23. The topological polar surface area (TPSA) is 60.5 Å². The summed E-state index contributed by atoms with van der Waals surface area (Å²) < 4.78 is 10.6. The van der Waals surface area contributed by atoms with Gasteiger partial charge < -0.3 is 14.8 Å². The minimum absolute atomic E-state index is 0.0130. The summed E-state index contributed by atoms with van der Waals surface area (Å²) in [6, 6.07) is 5.54. The standard InChI is InChI=1S/C16H20N2O3S/c1-5-10(2)15(19)18-16-17-13(9-22-16)12-8-11(20-3)6-7-14(12)21-4/h6-10H,5H2,1-4H3,(H,17,18,19)/t10-/m1/s1. The smallest absolute Gasteiger partial charge is 0.228 e. The van der Waals surface area contributed by atoms with Crippen LogP contribution in [0.25, 0.3) is 11.3 Å². The zero-order valence-corrected chi connectivity index (χ0v) is 14.0. The lowest BCUT2D eigenvalue weighted by Gasteiger charge is -2.09. The number of amides is 1. The first-order chi connectivity index (χ1) is 10.6. The van der Waals surface area contributed by atoms with E-state index in [9.17, 15) is 4.79 Å². The fourth-order valence-electron chi connectivity index (χ4n) is 1.88. The number of nitrogens with zero attached hydrogens (tertiary/aromatic N) is 1. The maximum Gasteiger partial charge on any atom is 0.228 e. The lowest BCUT2D eigenvalue weighted by Crippen LogP contribution is -2.19. The van der Waals surface area contributed by atoms with Crippen LogP contribution < -0.4 is 14.8 Å². The second kappa shape index (κ2) is 7.26. The van der Waals surface area contributed by atoms with Crippen molar-refractivity contribution in [2.75, 3.05) is 19.5 Å². The molecular weight excluding hydrogens is 300 g/mol. The van der Waals surface area contributed by atoms with Crippen molar-refractivity contribution in [3.8, 4) is 22.8 Å². The van der Waals surface area contributed by atoms with Crippen molar-refractivity contribution in [1.82, 2.24) is 4.98 Å². The van der Waals surface area contributed by atoms with E-state index >= 15 is 0 Å². The summed E-state index contributed by atoms with van der Waals surface area (Å²) in [4.78, 5) is 16.4. The predicted octanol–water partition coefficient (Wildman–Crippen LogP) is 3.81. The van der Waals surface area contributed by atoms with Crippen LogP contribution in [-0.4, -0.2) is 25.1 Å². The highest BCUT2D eigenvalue weighted by molar-refractivity contribution is 7.14. The molecule has 5 nitrogen and oxygen atoms in total. The quantitative estimate of drug-likeness (QED) is 0.879. The Kier molecular flexibility index (Phi) is 5.38. The Labute approximate surface area is 134 Å². The number of anilines is 1. The summed E-state index contributed by atoms with van der Waals surface area (Å²) in [6.07, 6.45) is 0.799. The number of ether oxygens (including phenoxy) is 2. The number of hydrogen-bond acceptors (Lipinski definition) is 5. The summed E-state index contributed by atoms with van der Waals surface area (Å²) in [5.41, 5.74) is 1.59. The van der Waals surface area contributed by atoms with Crippen LogP contribution in [0.4, 0.5) is 5.13 Å². The Hall–Kier alpha value is -2.08. The van der Waals surface area contributed by atoms with E-state index in [-0.39, 0.29) is 11.8 Å². The third-order valence-corrected chi connectivity index (χ3v) is 4.23. The number of carbonyl (C=O) groups is 1. The molecule has 1 aromatic carbocycles. The summed E-state index contributed by atoms with van der Waals surface area (Å²) >= 11 is 1.39. The first-order valence-corrected chi connectivity index (χ1v) is 7.95. The van der Waals surface area contributed by atoms with Gasteiger partial charge in [-0.15, -0.1) is 11.3 Å². The molecule has 2 rings (SSSR count). The van der Waals surface area contributed by atoms with Crippen molar-refractivity contribution >= 4 is 22.4 Å². The van der Waals surface area contributed by atoms with Gasteiger partial charge in [0.05, 0.1) is 19.9 Å². The van der Waals surface area contributed by atoms with Gasteiger partial charge in [0.2, 0.25) is 5.91 Å². The number of rotatable bonds is 6. The molecular formula is C16H20N2O3S. The third-order valence-electron chi connectivity index (χ3n) is 3.48. The number of hydrogen-bond donors (Lipinski definition) is 1. The van der Waals surface area contributed by atoms with Gasteiger partial charge in [0.25, 0.3) is 0 Å². The molecule has 0 fully saturated rings. The lowest BCUT2D eigenvalue weighted by molar-refractivity contribution is -0.119. The molecule has 0 aliphatic carbocycles. The molecule has 118 valence electrons. The minimum Gasteiger partial charge on any atom is -0.497 e. The van der Waals surface area contributed by atoms with E-state index in [1.807, 2.05) is 37.4 Å². The molecule has 0 aliphatic rings. The molecule has 0 radical (unpaired) electrons. The summed E-state index contributed by atoms with van der Waals surface area (Å²) in [6.45, 7) is 3.88. The second-order valence-electron chi connectivity index (χ2n) is 4.90. The Morgan fingerprint density at radius 3 is 2.77 bits per heavy atom. The molecule has 1 heterocycles. The van der Waals surface area contributed by atoms with Crippen molar-refractivity contribution in [3.63, 3.8) is 0 Å². The van der Waals surface area contributed by atoms with E-state index in [1.165, 1.54) is 11.3 Å². The molecule has 2 aromatic rings. The van der Waals surface area contributed by atoms with E-state index in [4.69, 9.17) is 9.47 Å². The van der Waals surface area contributed by atoms with Crippen molar-refractivity contribution < 1.29 is 14.3 Å². The van der Waals surface area contributed by atoms with Crippen molar-refractivity contribution in [1.29, 1.82) is 0 Å². The maximum atomic E-state index is 11.9. The molecule has 22 heavy (non-hydrogen) atoms. The molecule has 0 spiro atoms. The fraction of sp³-hybridized carbons (Fsp3) is 0.375. The molecule has 0 saturated carbocycles. The molecule has 1 aromatic heterocycles. The first-order valence-electron chi connectivity index (χ1n) is 7.07. The normalized spacial score (nSPS) is 11.8. The van der Waals surface area contributed by atoms with Crippen LogP contribution in [0.2, 0.25) is 0 Å². The van der Waals surface area contributed by atoms with E-state index in [1.54, 1.807) is 14.2 Å². The molecule has 0 bridgehead atoms. The molecule has 0 aliphatic heterocycles. The Morgan fingerprint density at radius 1 is 1.36 bits per heavy atom. The van der Waals surface area contributed by atoms with Crippen LogP contribution in [0, 0.1) is 5.92 Å². The van der Waals surface area contributed by atoms with Gasteiger partial charge in [0, 0.05) is 16.9 Å². The van der Waals surface area contributed by atoms with Crippen LogP contribution in [0.3, 0.4) is 0 Å². The van der Waals surface area contributed by atoms with Crippen LogP contribution >= 0.6 is 11.3 Å². The van der Waals surface area contributed by atoms with Gasteiger partial charge in [-0.05, 0) is 24.6 Å². The summed E-state index contributed by atoms with van der Waals surface area (Å²) in [5, 5.41) is 5.33. The largest absolute Gasteiger partial charge is 0.497 e. The number of methoxy groups -OCH3 is 2. The van der Waals surface area contributed by atoms with E-state index in [0.717, 1.165) is 23.4 Å². The van der Waals surface area contributed by atoms with Crippen LogP contribution in [0.5, 0.6) is 11.5 Å². The van der Waals surface area contributed by atoms with E-state index in [2.05, 4.69) is 10.3 Å². The van der Waals surface area contributed by atoms with Gasteiger partial charge in [-0.1, -0.05) is 13.8 Å². The highest BCUT2D eigenvalue weighted by Crippen LogP contribution is 2.35. The Bertz CT molecular complexity index is 655. The third kappa shape index (κ3) is 3.57. The highest BCUT2D eigenvalue weighted by atomic mass is 32.1. The SMILES string of the molecule is CC[C@@H](C)C(=O)Nc1nc(-c2cc(OC)ccc2OC)cs1. The minimum atomic E-state index is -0.0290. The van der Waals surface area contributed by atoms with Crippen LogP contribution in [0.1, 0.15) is 20.3 Å². The fourth-order valence-corrected chi connectivity index (χ4v) is 2.60. The van der Waals surface area contributed by atoms with Crippen LogP contribution in [0.15, 0.2) is 23.6 Å². The van der Waals surface area contributed by atoms with Crippen molar-refractivity contribution in [3.05, 3.63) is 23.6 Å².